The SMILES string of the molecule is CCCCCCCOc1ccc([C@@H](C)N)cn1. The number of aromatic nitrogens is 1. The first-order valence-electron chi connectivity index (χ1n) is 6.58. The number of hydrogen-bond acceptors (Lipinski definition) is 3. The Balaban J connectivity index is 2.19. The monoisotopic (exact) mass is 236 g/mol. The zero-order valence-corrected chi connectivity index (χ0v) is 11.0. The molecule has 1 heterocycles. The van der Waals surface area contributed by atoms with Crippen molar-refractivity contribution in [2.45, 2.75) is 52.0 Å². The number of ether oxygens (including phenoxy) is 1. The lowest BCUT2D eigenvalue weighted by Gasteiger charge is -2.07. The van der Waals surface area contributed by atoms with E-state index in [0.717, 1.165) is 18.6 Å². The Kier molecular flexibility index (Phi) is 6.63. The molecule has 0 saturated heterocycles. The van der Waals surface area contributed by atoms with Crippen LogP contribution in [0.15, 0.2) is 18.3 Å². The van der Waals surface area contributed by atoms with Crippen molar-refractivity contribution in [3.05, 3.63) is 23.9 Å². The zero-order chi connectivity index (χ0) is 12.5. The van der Waals surface area contributed by atoms with Gasteiger partial charge in [-0.2, -0.15) is 0 Å². The molecular formula is C14H24N2O. The molecular weight excluding hydrogens is 212 g/mol. The van der Waals surface area contributed by atoms with Crippen LogP contribution in [0.25, 0.3) is 0 Å². The maximum Gasteiger partial charge on any atom is 0.213 e. The van der Waals surface area contributed by atoms with Crippen LogP contribution >= 0.6 is 0 Å². The van der Waals surface area contributed by atoms with Gasteiger partial charge in [-0.25, -0.2) is 4.98 Å². The summed E-state index contributed by atoms with van der Waals surface area (Å²) >= 11 is 0. The van der Waals surface area contributed by atoms with Crippen LogP contribution in [-0.4, -0.2) is 11.6 Å². The number of nitrogens with zero attached hydrogens (tertiary/aromatic N) is 1. The lowest BCUT2D eigenvalue weighted by molar-refractivity contribution is 0.293. The van der Waals surface area contributed by atoms with Crippen LogP contribution in [0.4, 0.5) is 0 Å². The van der Waals surface area contributed by atoms with Crippen molar-refractivity contribution in [2.75, 3.05) is 6.61 Å². The summed E-state index contributed by atoms with van der Waals surface area (Å²) in [7, 11) is 0. The molecule has 0 spiro atoms. The lowest BCUT2D eigenvalue weighted by atomic mass is 10.1. The predicted octanol–water partition coefficient (Wildman–Crippen LogP) is 3.45. The molecule has 0 fully saturated rings. The first-order chi connectivity index (χ1) is 8.24. The van der Waals surface area contributed by atoms with Crippen LogP contribution < -0.4 is 10.5 Å². The Hall–Kier alpha value is -1.09. The van der Waals surface area contributed by atoms with Crippen LogP contribution in [0.5, 0.6) is 5.88 Å². The van der Waals surface area contributed by atoms with Crippen molar-refractivity contribution in [1.29, 1.82) is 0 Å². The number of nitrogens with two attached hydrogens (primary N) is 1. The number of pyridine rings is 1. The molecule has 96 valence electrons. The second kappa shape index (κ2) is 8.07. The molecule has 1 aromatic heterocycles. The maximum absolute atomic E-state index is 5.75. The van der Waals surface area contributed by atoms with Crippen molar-refractivity contribution in [2.24, 2.45) is 5.73 Å². The lowest BCUT2D eigenvalue weighted by Crippen LogP contribution is -2.06. The maximum atomic E-state index is 5.75. The van der Waals surface area contributed by atoms with E-state index < -0.39 is 0 Å². The van der Waals surface area contributed by atoms with Gasteiger partial charge in [0.1, 0.15) is 0 Å². The van der Waals surface area contributed by atoms with E-state index in [9.17, 15) is 0 Å². The molecule has 0 aliphatic heterocycles. The Morgan fingerprint density at radius 2 is 2.00 bits per heavy atom. The van der Waals surface area contributed by atoms with E-state index in [1.807, 2.05) is 19.1 Å². The Morgan fingerprint density at radius 1 is 1.24 bits per heavy atom. The summed E-state index contributed by atoms with van der Waals surface area (Å²) < 4.78 is 5.57. The largest absolute Gasteiger partial charge is 0.478 e. The standard InChI is InChI=1S/C14H24N2O/c1-3-4-5-6-7-10-17-14-9-8-13(11-16-14)12(2)15/h8-9,11-12H,3-7,10,15H2,1-2H3/t12-/m1/s1. The summed E-state index contributed by atoms with van der Waals surface area (Å²) in [5, 5.41) is 0. The van der Waals surface area contributed by atoms with Crippen molar-refractivity contribution in [3.8, 4) is 5.88 Å². The smallest absolute Gasteiger partial charge is 0.213 e. The molecule has 0 amide bonds. The van der Waals surface area contributed by atoms with Crippen LogP contribution in [0.3, 0.4) is 0 Å². The second-order valence-corrected chi connectivity index (χ2v) is 4.48. The predicted molar refractivity (Wildman–Crippen MR) is 71.1 cm³/mol. The molecule has 3 heteroatoms. The topological polar surface area (TPSA) is 48.1 Å². The summed E-state index contributed by atoms with van der Waals surface area (Å²) in [5.74, 6) is 0.699. The van der Waals surface area contributed by atoms with E-state index in [4.69, 9.17) is 10.5 Å². The van der Waals surface area contributed by atoms with Gasteiger partial charge >= 0.3 is 0 Å². The fourth-order valence-corrected chi connectivity index (χ4v) is 1.63. The van der Waals surface area contributed by atoms with Crippen LogP contribution in [-0.2, 0) is 0 Å². The molecule has 0 aliphatic carbocycles. The van der Waals surface area contributed by atoms with Gasteiger partial charge in [0.15, 0.2) is 0 Å². The third-order valence-corrected chi connectivity index (χ3v) is 2.78. The summed E-state index contributed by atoms with van der Waals surface area (Å²) in [5.41, 5.74) is 6.79. The van der Waals surface area contributed by atoms with E-state index in [2.05, 4.69) is 11.9 Å². The van der Waals surface area contributed by atoms with Gasteiger partial charge in [-0.1, -0.05) is 38.7 Å². The van der Waals surface area contributed by atoms with Crippen LogP contribution in [0.1, 0.15) is 57.6 Å². The highest BCUT2D eigenvalue weighted by Crippen LogP contribution is 2.13. The minimum atomic E-state index is 0.0330. The molecule has 0 aromatic carbocycles. The normalized spacial score (nSPS) is 12.4. The van der Waals surface area contributed by atoms with E-state index in [1.54, 1.807) is 6.20 Å². The molecule has 3 nitrogen and oxygen atoms in total. The quantitative estimate of drug-likeness (QED) is 0.703. The van der Waals surface area contributed by atoms with E-state index in [0.29, 0.717) is 5.88 Å². The molecule has 0 aliphatic rings. The molecule has 1 atom stereocenters. The highest BCUT2D eigenvalue weighted by Gasteiger charge is 2.00. The van der Waals surface area contributed by atoms with E-state index in [-0.39, 0.29) is 6.04 Å². The van der Waals surface area contributed by atoms with Crippen molar-refractivity contribution >= 4 is 0 Å². The second-order valence-electron chi connectivity index (χ2n) is 4.48. The fourth-order valence-electron chi connectivity index (χ4n) is 1.63. The molecule has 2 N–H and O–H groups in total. The van der Waals surface area contributed by atoms with Crippen LogP contribution in [0, 0.1) is 0 Å². The number of rotatable bonds is 8. The third-order valence-electron chi connectivity index (χ3n) is 2.78. The number of hydrogen-bond donors (Lipinski definition) is 1. The molecule has 0 saturated carbocycles. The minimum Gasteiger partial charge on any atom is -0.478 e. The zero-order valence-electron chi connectivity index (χ0n) is 11.0. The number of unbranched alkanes of at least 4 members (excludes halogenated alkanes) is 4. The fraction of sp³-hybridized carbons (Fsp3) is 0.643. The van der Waals surface area contributed by atoms with Crippen molar-refractivity contribution in [3.63, 3.8) is 0 Å². The highest BCUT2D eigenvalue weighted by atomic mass is 16.5. The average Bonchev–Trinajstić information content (AvgIpc) is 2.34. The summed E-state index contributed by atoms with van der Waals surface area (Å²) in [6.45, 7) is 4.93. The average molecular weight is 236 g/mol. The van der Waals surface area contributed by atoms with Crippen molar-refractivity contribution in [1.82, 2.24) is 4.98 Å². The van der Waals surface area contributed by atoms with Gasteiger partial charge in [0.25, 0.3) is 0 Å². The molecule has 0 unspecified atom stereocenters. The molecule has 0 radical (unpaired) electrons. The Bertz CT molecular complexity index is 296. The van der Waals surface area contributed by atoms with Gasteiger partial charge in [-0.05, 0) is 18.9 Å². The molecule has 1 rings (SSSR count). The highest BCUT2D eigenvalue weighted by molar-refractivity contribution is 5.19. The Morgan fingerprint density at radius 3 is 2.59 bits per heavy atom. The first-order valence-corrected chi connectivity index (χ1v) is 6.58. The van der Waals surface area contributed by atoms with Crippen LogP contribution in [0.2, 0.25) is 0 Å². The van der Waals surface area contributed by atoms with E-state index in [1.165, 1.54) is 25.7 Å². The van der Waals surface area contributed by atoms with Gasteiger partial charge in [0.2, 0.25) is 5.88 Å². The first kappa shape index (κ1) is 14.0. The van der Waals surface area contributed by atoms with E-state index >= 15 is 0 Å². The minimum absolute atomic E-state index is 0.0330. The van der Waals surface area contributed by atoms with Gasteiger partial charge in [0, 0.05) is 18.3 Å². The summed E-state index contributed by atoms with van der Waals surface area (Å²) in [6, 6.07) is 3.90. The van der Waals surface area contributed by atoms with Gasteiger partial charge in [-0.15, -0.1) is 0 Å². The van der Waals surface area contributed by atoms with Gasteiger partial charge in [0.05, 0.1) is 6.61 Å². The molecule has 1 aromatic rings. The Labute approximate surface area is 104 Å². The van der Waals surface area contributed by atoms with Gasteiger partial charge in [-0.3, -0.25) is 0 Å². The third kappa shape index (κ3) is 5.68. The van der Waals surface area contributed by atoms with Gasteiger partial charge < -0.3 is 10.5 Å². The molecule has 0 bridgehead atoms. The van der Waals surface area contributed by atoms with Crippen molar-refractivity contribution < 1.29 is 4.74 Å². The summed E-state index contributed by atoms with van der Waals surface area (Å²) in [4.78, 5) is 4.23. The molecule has 17 heavy (non-hydrogen) atoms. The summed E-state index contributed by atoms with van der Waals surface area (Å²) in [6.07, 6.45) is 8.04.